The van der Waals surface area contributed by atoms with Crippen LogP contribution in [0.3, 0.4) is 0 Å². The van der Waals surface area contributed by atoms with E-state index in [-0.39, 0.29) is 5.41 Å². The van der Waals surface area contributed by atoms with E-state index in [0.29, 0.717) is 12.1 Å². The van der Waals surface area contributed by atoms with Crippen LogP contribution in [0.4, 0.5) is 0 Å². The molecule has 6 heteroatoms. The second kappa shape index (κ2) is 7.10. The number of thiazole rings is 1. The molecule has 0 saturated heterocycles. The molecule has 0 aliphatic rings. The minimum atomic E-state index is -0.918. The molecule has 0 radical (unpaired) electrons. The van der Waals surface area contributed by atoms with Crippen LogP contribution >= 0.6 is 11.3 Å². The van der Waals surface area contributed by atoms with Crippen LogP contribution in [0.25, 0.3) is 32.6 Å². The standard InChI is InChI=1S/C25H22N2O3S/c1-25(2,3)22-14-31-23(26-22)21-12-18-10-15(4-7-20(18)30-21)13-27-9-8-16-5-6-17(24(28)29)11-19(16)27/h4-12,14H,13H2,1-3H3,(H,28,29). The van der Waals surface area contributed by atoms with Crippen LogP contribution in [0.1, 0.15) is 42.4 Å². The van der Waals surface area contributed by atoms with Crippen molar-refractivity contribution in [2.45, 2.75) is 32.7 Å². The van der Waals surface area contributed by atoms with Crippen molar-refractivity contribution in [2.75, 3.05) is 0 Å². The maximum absolute atomic E-state index is 11.3. The maximum Gasteiger partial charge on any atom is 0.335 e. The molecule has 1 N–H and O–H groups in total. The van der Waals surface area contributed by atoms with Gasteiger partial charge >= 0.3 is 5.97 Å². The van der Waals surface area contributed by atoms with E-state index in [1.165, 1.54) is 0 Å². The van der Waals surface area contributed by atoms with Crippen LogP contribution in [0, 0.1) is 0 Å². The highest BCUT2D eigenvalue weighted by molar-refractivity contribution is 7.13. The third-order valence-corrected chi connectivity index (χ3v) is 6.29. The number of hydrogen-bond acceptors (Lipinski definition) is 4. The molecule has 156 valence electrons. The Labute approximate surface area is 183 Å². The molecule has 5 aromatic rings. The van der Waals surface area contributed by atoms with Gasteiger partial charge < -0.3 is 14.1 Å². The molecule has 0 bridgehead atoms. The number of aromatic carboxylic acids is 1. The number of fused-ring (bicyclic) bond motifs is 2. The Kier molecular flexibility index (Phi) is 4.48. The molecule has 0 aliphatic carbocycles. The third kappa shape index (κ3) is 3.64. The molecule has 0 aliphatic heterocycles. The quantitative estimate of drug-likeness (QED) is 0.351. The first-order valence-corrected chi connectivity index (χ1v) is 11.0. The minimum Gasteiger partial charge on any atom is -0.478 e. The number of furan rings is 1. The molecule has 0 saturated carbocycles. The summed E-state index contributed by atoms with van der Waals surface area (Å²) in [4.78, 5) is 16.1. The SMILES string of the molecule is CC(C)(C)c1csc(-c2cc3cc(Cn4ccc5ccc(C(=O)O)cc54)ccc3o2)n1. The van der Waals surface area contributed by atoms with E-state index in [1.54, 1.807) is 23.5 Å². The number of nitrogens with zero attached hydrogens (tertiary/aromatic N) is 2. The molecule has 5 rings (SSSR count). The average Bonchev–Trinajstić information content (AvgIpc) is 3.45. The maximum atomic E-state index is 11.3. The van der Waals surface area contributed by atoms with Gasteiger partial charge in [-0.2, -0.15) is 0 Å². The van der Waals surface area contributed by atoms with Crippen LogP contribution in [0.15, 0.2) is 64.5 Å². The minimum absolute atomic E-state index is 0.00791. The van der Waals surface area contributed by atoms with Gasteiger partial charge in [0.05, 0.1) is 11.3 Å². The lowest BCUT2D eigenvalue weighted by atomic mass is 9.93. The van der Waals surface area contributed by atoms with Crippen molar-refractivity contribution in [3.8, 4) is 10.8 Å². The smallest absolute Gasteiger partial charge is 0.335 e. The molecule has 3 heterocycles. The van der Waals surface area contributed by atoms with Crippen LogP contribution < -0.4 is 0 Å². The van der Waals surface area contributed by atoms with E-state index < -0.39 is 5.97 Å². The second-order valence-electron chi connectivity index (χ2n) is 8.79. The second-order valence-corrected chi connectivity index (χ2v) is 9.65. The van der Waals surface area contributed by atoms with Gasteiger partial charge in [-0.05, 0) is 47.3 Å². The Morgan fingerprint density at radius 3 is 2.68 bits per heavy atom. The van der Waals surface area contributed by atoms with E-state index in [2.05, 4.69) is 36.8 Å². The molecular formula is C25H22N2O3S. The Bertz CT molecular complexity index is 1430. The van der Waals surface area contributed by atoms with Gasteiger partial charge in [0.15, 0.2) is 10.8 Å². The molecule has 0 unspecified atom stereocenters. The zero-order chi connectivity index (χ0) is 21.8. The van der Waals surface area contributed by atoms with E-state index in [1.807, 2.05) is 36.5 Å². The highest BCUT2D eigenvalue weighted by Gasteiger charge is 2.19. The molecule has 31 heavy (non-hydrogen) atoms. The summed E-state index contributed by atoms with van der Waals surface area (Å²) in [6, 6.07) is 15.4. The molecule has 3 aromatic heterocycles. The lowest BCUT2D eigenvalue weighted by molar-refractivity contribution is 0.0697. The Balaban J connectivity index is 1.47. The van der Waals surface area contributed by atoms with Gasteiger partial charge in [0.1, 0.15) is 5.58 Å². The van der Waals surface area contributed by atoms with Gasteiger partial charge in [0.25, 0.3) is 0 Å². The summed E-state index contributed by atoms with van der Waals surface area (Å²) >= 11 is 1.60. The highest BCUT2D eigenvalue weighted by atomic mass is 32.1. The fourth-order valence-electron chi connectivity index (χ4n) is 3.68. The molecular weight excluding hydrogens is 408 g/mol. The lowest BCUT2D eigenvalue weighted by Gasteiger charge is -2.13. The normalized spacial score (nSPS) is 12.1. The summed E-state index contributed by atoms with van der Waals surface area (Å²) in [6.45, 7) is 7.11. The molecule has 0 amide bonds. The fraction of sp³-hybridized carbons (Fsp3) is 0.200. The fourth-order valence-corrected chi connectivity index (χ4v) is 4.68. The van der Waals surface area contributed by atoms with Gasteiger partial charge in [0.2, 0.25) is 0 Å². The third-order valence-electron chi connectivity index (χ3n) is 5.44. The first-order valence-electron chi connectivity index (χ1n) is 10.1. The highest BCUT2D eigenvalue weighted by Crippen LogP contribution is 2.33. The van der Waals surface area contributed by atoms with E-state index >= 15 is 0 Å². The molecule has 5 nitrogen and oxygen atoms in total. The van der Waals surface area contributed by atoms with Crippen LogP contribution in [0.5, 0.6) is 0 Å². The van der Waals surface area contributed by atoms with Crippen LogP contribution in [-0.2, 0) is 12.0 Å². The van der Waals surface area contributed by atoms with Crippen LogP contribution in [-0.4, -0.2) is 20.6 Å². The van der Waals surface area contributed by atoms with Gasteiger partial charge in [-0.1, -0.05) is 32.9 Å². The predicted molar refractivity (Wildman–Crippen MR) is 124 cm³/mol. The Morgan fingerprint density at radius 2 is 1.94 bits per heavy atom. The summed E-state index contributed by atoms with van der Waals surface area (Å²) in [5.41, 5.74) is 4.22. The van der Waals surface area contributed by atoms with Crippen molar-refractivity contribution in [1.82, 2.24) is 9.55 Å². The molecule has 0 atom stereocenters. The number of carboxylic acid groups (broad SMARTS) is 1. The monoisotopic (exact) mass is 430 g/mol. The summed E-state index contributed by atoms with van der Waals surface area (Å²) in [5, 5.41) is 14.3. The van der Waals surface area contributed by atoms with Gasteiger partial charge in [-0.3, -0.25) is 0 Å². The van der Waals surface area contributed by atoms with Crippen molar-refractivity contribution in [3.63, 3.8) is 0 Å². The first-order chi connectivity index (χ1) is 14.8. The summed E-state index contributed by atoms with van der Waals surface area (Å²) < 4.78 is 8.13. The zero-order valence-corrected chi connectivity index (χ0v) is 18.4. The summed E-state index contributed by atoms with van der Waals surface area (Å²) in [6.07, 6.45) is 1.99. The van der Waals surface area contributed by atoms with Gasteiger partial charge in [-0.25, -0.2) is 9.78 Å². The van der Waals surface area contributed by atoms with E-state index in [4.69, 9.17) is 9.40 Å². The van der Waals surface area contributed by atoms with Crippen LogP contribution in [0.2, 0.25) is 0 Å². The Hall–Kier alpha value is -3.38. The Morgan fingerprint density at radius 1 is 1.10 bits per heavy atom. The topological polar surface area (TPSA) is 68.3 Å². The molecule has 2 aromatic carbocycles. The predicted octanol–water partition coefficient (Wildman–Crippen LogP) is 6.56. The number of carboxylic acids is 1. The molecule has 0 fully saturated rings. The van der Waals surface area contributed by atoms with Gasteiger partial charge in [-0.15, -0.1) is 11.3 Å². The van der Waals surface area contributed by atoms with Crippen molar-refractivity contribution >= 4 is 39.2 Å². The van der Waals surface area contributed by atoms with Crippen molar-refractivity contribution in [2.24, 2.45) is 0 Å². The number of benzene rings is 2. The largest absolute Gasteiger partial charge is 0.478 e. The summed E-state index contributed by atoms with van der Waals surface area (Å²) in [5.74, 6) is -0.135. The zero-order valence-electron chi connectivity index (χ0n) is 17.5. The van der Waals surface area contributed by atoms with E-state index in [0.717, 1.165) is 43.9 Å². The van der Waals surface area contributed by atoms with Crippen molar-refractivity contribution in [1.29, 1.82) is 0 Å². The molecule has 0 spiro atoms. The number of carbonyl (C=O) groups is 1. The van der Waals surface area contributed by atoms with Gasteiger partial charge in [0, 0.05) is 34.4 Å². The van der Waals surface area contributed by atoms with E-state index in [9.17, 15) is 9.90 Å². The van der Waals surface area contributed by atoms with Crippen molar-refractivity contribution in [3.05, 3.63) is 76.9 Å². The first kappa shape index (κ1) is 19.6. The average molecular weight is 431 g/mol. The summed E-state index contributed by atoms with van der Waals surface area (Å²) in [7, 11) is 0. The number of hydrogen-bond donors (Lipinski definition) is 1. The number of rotatable bonds is 4. The number of aromatic nitrogens is 2. The van der Waals surface area contributed by atoms with Crippen molar-refractivity contribution < 1.29 is 14.3 Å². The lowest BCUT2D eigenvalue weighted by Crippen LogP contribution is -2.11.